The van der Waals surface area contributed by atoms with Crippen molar-refractivity contribution in [2.75, 3.05) is 5.32 Å². The molecular weight excluding hydrogens is 358 g/mol. The summed E-state index contributed by atoms with van der Waals surface area (Å²) in [5, 5.41) is 12.6. The fourth-order valence-corrected chi connectivity index (χ4v) is 3.43. The van der Waals surface area contributed by atoms with E-state index in [1.807, 2.05) is 66.7 Å². The first kappa shape index (κ1) is 18.9. The molecule has 0 saturated heterocycles. The maximum atomic E-state index is 11.4. The van der Waals surface area contributed by atoms with Crippen LogP contribution in [0.2, 0.25) is 0 Å². The number of thiophene rings is 1. The van der Waals surface area contributed by atoms with Gasteiger partial charge in [0, 0.05) is 17.3 Å². The van der Waals surface area contributed by atoms with Gasteiger partial charge in [0.05, 0.1) is 5.69 Å². The molecule has 1 fully saturated rings. The molecule has 0 spiro atoms. The maximum absolute atomic E-state index is 11.4. The van der Waals surface area contributed by atoms with Crippen LogP contribution in [0, 0.1) is 5.92 Å². The lowest BCUT2D eigenvalue weighted by molar-refractivity contribution is -0.108. The summed E-state index contributed by atoms with van der Waals surface area (Å²) in [7, 11) is 0. The van der Waals surface area contributed by atoms with Crippen LogP contribution in [0.5, 0.6) is 0 Å². The summed E-state index contributed by atoms with van der Waals surface area (Å²) in [4.78, 5) is 22.3. The van der Waals surface area contributed by atoms with E-state index in [-0.39, 0.29) is 0 Å². The minimum atomic E-state index is -0.900. The number of rotatable bonds is 6. The average molecular weight is 379 g/mol. The Labute approximate surface area is 162 Å². The predicted molar refractivity (Wildman–Crippen MR) is 109 cm³/mol. The van der Waals surface area contributed by atoms with Crippen molar-refractivity contribution < 1.29 is 14.7 Å². The van der Waals surface area contributed by atoms with Gasteiger partial charge < -0.3 is 15.2 Å². The highest BCUT2D eigenvalue weighted by atomic mass is 32.1. The van der Waals surface area contributed by atoms with Crippen LogP contribution >= 0.6 is 11.3 Å². The first-order valence-electron chi connectivity index (χ1n) is 8.83. The van der Waals surface area contributed by atoms with Crippen LogP contribution in [0.3, 0.4) is 0 Å². The van der Waals surface area contributed by atoms with Gasteiger partial charge in [-0.25, -0.2) is 4.79 Å². The maximum Gasteiger partial charge on any atom is 0.348 e. The third-order valence-electron chi connectivity index (χ3n) is 4.12. The van der Waals surface area contributed by atoms with Crippen molar-refractivity contribution in [1.82, 2.24) is 0 Å². The molecule has 0 bridgehead atoms. The molecule has 4 nitrogen and oxygen atoms in total. The molecule has 1 aliphatic rings. The Morgan fingerprint density at radius 1 is 1.07 bits per heavy atom. The number of benzene rings is 2. The van der Waals surface area contributed by atoms with Gasteiger partial charge in [-0.2, -0.15) is 0 Å². The van der Waals surface area contributed by atoms with E-state index >= 15 is 0 Å². The second-order valence-corrected chi connectivity index (χ2v) is 7.39. The average Bonchev–Trinajstić information content (AvgIpc) is 3.46. The number of nitrogens with one attached hydrogen (secondary N) is 1. The minimum Gasteiger partial charge on any atom is -0.477 e. The molecule has 2 aromatic carbocycles. The number of hydrogen-bond donors (Lipinski definition) is 2. The molecule has 0 unspecified atom stereocenters. The molecule has 0 aliphatic heterocycles. The Morgan fingerprint density at radius 3 is 2.22 bits per heavy atom. The van der Waals surface area contributed by atoms with Crippen LogP contribution in [-0.4, -0.2) is 17.4 Å². The molecule has 1 heterocycles. The smallest absolute Gasteiger partial charge is 0.348 e. The number of carbonyl (C=O) groups is 2. The fourth-order valence-electron chi connectivity index (χ4n) is 2.45. The Balaban J connectivity index is 0.000000364. The van der Waals surface area contributed by atoms with Gasteiger partial charge in [-0.15, -0.1) is 11.3 Å². The van der Waals surface area contributed by atoms with Crippen LogP contribution < -0.4 is 5.32 Å². The second-order valence-electron chi connectivity index (χ2n) is 6.34. The topological polar surface area (TPSA) is 66.4 Å². The minimum absolute atomic E-state index is 0.342. The van der Waals surface area contributed by atoms with Crippen LogP contribution in [0.15, 0.2) is 66.7 Å². The Bertz CT molecular complexity index is 886. The van der Waals surface area contributed by atoms with Gasteiger partial charge in [0.15, 0.2) is 0 Å². The fraction of sp³-hybridized carbons (Fsp3) is 0.182. The lowest BCUT2D eigenvalue weighted by Crippen LogP contribution is -2.03. The van der Waals surface area contributed by atoms with Gasteiger partial charge >= 0.3 is 5.97 Å². The van der Waals surface area contributed by atoms with Crippen molar-refractivity contribution in [2.45, 2.75) is 19.4 Å². The van der Waals surface area contributed by atoms with Crippen LogP contribution in [0.1, 0.15) is 28.1 Å². The van der Waals surface area contributed by atoms with Crippen LogP contribution in [0.25, 0.3) is 10.4 Å². The SMILES string of the molecule is O=C(O)c1sc(-c2ccccc2)cc1NCc1ccccc1.O=CC1CC1. The summed E-state index contributed by atoms with van der Waals surface area (Å²) < 4.78 is 0. The van der Waals surface area contributed by atoms with Gasteiger partial charge in [0.2, 0.25) is 0 Å². The molecule has 27 heavy (non-hydrogen) atoms. The van der Waals surface area contributed by atoms with Crippen LogP contribution in [-0.2, 0) is 11.3 Å². The largest absolute Gasteiger partial charge is 0.477 e. The van der Waals surface area contributed by atoms with Crippen molar-refractivity contribution in [3.05, 3.63) is 77.2 Å². The van der Waals surface area contributed by atoms with Gasteiger partial charge in [-0.3, -0.25) is 0 Å². The molecular formula is C22H21NO3S. The number of carbonyl (C=O) groups excluding carboxylic acids is 1. The second kappa shape index (κ2) is 9.14. The van der Waals surface area contributed by atoms with Gasteiger partial charge in [-0.1, -0.05) is 60.7 Å². The van der Waals surface area contributed by atoms with E-state index in [1.54, 1.807) is 0 Å². The van der Waals surface area contributed by atoms with Crippen molar-refractivity contribution >= 4 is 29.3 Å². The molecule has 1 saturated carbocycles. The molecule has 1 aliphatic carbocycles. The summed E-state index contributed by atoms with van der Waals surface area (Å²) in [6.07, 6.45) is 3.31. The zero-order valence-electron chi connectivity index (χ0n) is 14.8. The summed E-state index contributed by atoms with van der Waals surface area (Å²) >= 11 is 1.29. The summed E-state index contributed by atoms with van der Waals surface area (Å²) in [5.41, 5.74) is 2.81. The van der Waals surface area contributed by atoms with E-state index in [0.29, 0.717) is 23.0 Å². The van der Waals surface area contributed by atoms with E-state index in [2.05, 4.69) is 5.32 Å². The third-order valence-corrected chi connectivity index (χ3v) is 5.30. The van der Waals surface area contributed by atoms with E-state index < -0.39 is 5.97 Å². The molecule has 0 amide bonds. The Kier molecular flexibility index (Phi) is 6.39. The quantitative estimate of drug-likeness (QED) is 0.569. The lowest BCUT2D eigenvalue weighted by atomic mass is 10.2. The highest BCUT2D eigenvalue weighted by Gasteiger charge is 2.19. The van der Waals surface area contributed by atoms with Gasteiger partial charge in [0.25, 0.3) is 0 Å². The molecule has 2 N–H and O–H groups in total. The highest BCUT2D eigenvalue weighted by Crippen LogP contribution is 2.35. The lowest BCUT2D eigenvalue weighted by Gasteiger charge is -2.05. The highest BCUT2D eigenvalue weighted by molar-refractivity contribution is 7.18. The van der Waals surface area contributed by atoms with E-state index in [9.17, 15) is 14.7 Å². The number of aldehydes is 1. The van der Waals surface area contributed by atoms with Gasteiger partial charge in [0.1, 0.15) is 11.2 Å². The van der Waals surface area contributed by atoms with Crippen molar-refractivity contribution in [3.63, 3.8) is 0 Å². The zero-order valence-corrected chi connectivity index (χ0v) is 15.6. The molecule has 0 atom stereocenters. The molecule has 1 aromatic heterocycles. The number of carboxylic acids is 1. The summed E-state index contributed by atoms with van der Waals surface area (Å²) in [6.45, 7) is 0.603. The first-order valence-corrected chi connectivity index (χ1v) is 9.64. The molecule has 3 aromatic rings. The standard InChI is InChI=1S/C18H15NO2S.C4H6O/c20-18(21)17-15(19-12-13-7-3-1-4-8-13)11-16(22-17)14-9-5-2-6-10-14;5-3-4-1-2-4/h1-11,19H,12H2,(H,20,21);3-4H,1-2H2. The third kappa shape index (κ3) is 5.53. The van der Waals surface area contributed by atoms with Crippen LogP contribution in [0.4, 0.5) is 5.69 Å². The Morgan fingerprint density at radius 2 is 1.70 bits per heavy atom. The normalized spacial score (nSPS) is 12.6. The predicted octanol–water partition coefficient (Wildman–Crippen LogP) is 5.32. The number of hydrogen-bond acceptors (Lipinski definition) is 4. The Hall–Kier alpha value is -2.92. The van der Waals surface area contributed by atoms with E-state index in [1.165, 1.54) is 11.3 Å². The number of aromatic carboxylic acids is 1. The van der Waals surface area contributed by atoms with E-state index in [0.717, 1.165) is 35.1 Å². The van der Waals surface area contributed by atoms with E-state index in [4.69, 9.17) is 0 Å². The molecule has 5 heteroatoms. The van der Waals surface area contributed by atoms with Gasteiger partial charge in [-0.05, 0) is 30.0 Å². The summed E-state index contributed by atoms with van der Waals surface area (Å²) in [5.74, 6) is -0.447. The van der Waals surface area contributed by atoms with Crippen molar-refractivity contribution in [2.24, 2.45) is 5.92 Å². The molecule has 0 radical (unpaired) electrons. The monoisotopic (exact) mass is 379 g/mol. The number of anilines is 1. The zero-order chi connectivity index (χ0) is 19.1. The van der Waals surface area contributed by atoms with Crippen molar-refractivity contribution in [1.29, 1.82) is 0 Å². The summed E-state index contributed by atoms with van der Waals surface area (Å²) in [6, 6.07) is 21.7. The molecule has 138 valence electrons. The van der Waals surface area contributed by atoms with Crippen molar-refractivity contribution in [3.8, 4) is 10.4 Å². The first-order chi connectivity index (χ1) is 13.2. The molecule has 4 rings (SSSR count). The number of carboxylic acid groups (broad SMARTS) is 1.